The predicted molar refractivity (Wildman–Crippen MR) is 185 cm³/mol. The Kier molecular flexibility index (Phi) is 8.51. The lowest BCUT2D eigenvalue weighted by Gasteiger charge is -2.50. The zero-order chi connectivity index (χ0) is 32.8. The molecular weight excluding hydrogens is 605 g/mol. The van der Waals surface area contributed by atoms with Crippen LogP contribution in [0.4, 0.5) is 4.39 Å². The van der Waals surface area contributed by atoms with Gasteiger partial charge in [-0.3, -0.25) is 4.79 Å². The van der Waals surface area contributed by atoms with E-state index in [9.17, 15) is 14.3 Å². The number of phenolic OH excluding ortho intramolecular Hbond substituents is 1. The highest BCUT2D eigenvalue weighted by atomic mass is 19.1. The summed E-state index contributed by atoms with van der Waals surface area (Å²) in [4.78, 5) is 15.9. The molecule has 3 aliphatic carbocycles. The summed E-state index contributed by atoms with van der Waals surface area (Å²) in [5.41, 5.74) is 8.33. The van der Waals surface area contributed by atoms with Crippen LogP contribution in [-0.2, 0) is 28.9 Å². The van der Waals surface area contributed by atoms with E-state index >= 15 is 0 Å². The molecule has 4 N–H and O–H groups in total. The first-order chi connectivity index (χ1) is 23.4. The summed E-state index contributed by atoms with van der Waals surface area (Å²) in [6.45, 7) is 6.38. The molecule has 7 nitrogen and oxygen atoms in total. The molecule has 0 saturated heterocycles. The Morgan fingerprint density at radius 2 is 1.88 bits per heavy atom. The van der Waals surface area contributed by atoms with Gasteiger partial charge in [-0.1, -0.05) is 37.3 Å². The van der Waals surface area contributed by atoms with Crippen molar-refractivity contribution in [2.24, 2.45) is 17.3 Å². The Morgan fingerprint density at radius 1 is 1.00 bits per heavy atom. The van der Waals surface area contributed by atoms with E-state index in [2.05, 4.69) is 52.9 Å². The second kappa shape index (κ2) is 13.0. The maximum Gasteiger partial charge on any atom is 0.252 e. The number of aromatic amines is 1. The van der Waals surface area contributed by atoms with Crippen molar-refractivity contribution in [3.63, 3.8) is 0 Å². The van der Waals surface area contributed by atoms with Crippen molar-refractivity contribution < 1.29 is 23.8 Å². The van der Waals surface area contributed by atoms with Crippen molar-refractivity contribution in [3.05, 3.63) is 88.2 Å². The molecule has 48 heavy (non-hydrogen) atoms. The van der Waals surface area contributed by atoms with Gasteiger partial charge in [0, 0.05) is 36.2 Å². The van der Waals surface area contributed by atoms with Gasteiger partial charge in [-0.05, 0) is 120 Å². The molecule has 1 aliphatic heterocycles. The van der Waals surface area contributed by atoms with Crippen LogP contribution < -0.4 is 10.6 Å². The summed E-state index contributed by atoms with van der Waals surface area (Å²) in [6.07, 6.45) is 8.12. The molecule has 3 aromatic carbocycles. The molecule has 0 unspecified atom stereocenters. The third kappa shape index (κ3) is 5.71. The number of rotatable bonds is 10. The second-order valence-corrected chi connectivity index (χ2v) is 14.6. The SMILES string of the molecule is C[C@]12CC[C@@H]3c4ccc(O)cc4CC[C@H]3[C@@H]1CC[C@@H]2OCCOCCNCc1ccc(-c2[nH]c3cc(F)cc4c3c2CCNC4=O)cc1. The number of carbonyl (C=O) groups excluding carboxylic acids is 1. The number of aromatic nitrogens is 1. The summed E-state index contributed by atoms with van der Waals surface area (Å²) < 4.78 is 26.7. The molecule has 8 rings (SSSR count). The molecule has 4 aromatic rings. The third-order valence-electron chi connectivity index (χ3n) is 12.0. The molecule has 4 aliphatic rings. The van der Waals surface area contributed by atoms with Gasteiger partial charge in [-0.25, -0.2) is 4.39 Å². The van der Waals surface area contributed by atoms with Crippen LogP contribution in [0, 0.1) is 23.1 Å². The van der Waals surface area contributed by atoms with Crippen LogP contribution in [0.1, 0.15) is 77.6 Å². The Morgan fingerprint density at radius 3 is 2.75 bits per heavy atom. The molecule has 2 heterocycles. The van der Waals surface area contributed by atoms with Crippen molar-refractivity contribution in [3.8, 4) is 17.0 Å². The first kappa shape index (κ1) is 31.5. The highest BCUT2D eigenvalue weighted by molar-refractivity contribution is 6.10. The molecule has 8 heteroatoms. The van der Waals surface area contributed by atoms with Crippen molar-refractivity contribution >= 4 is 16.8 Å². The Bertz CT molecular complexity index is 1820. The number of fused-ring (bicyclic) bond motifs is 5. The number of aromatic hydroxyl groups is 1. The topological polar surface area (TPSA) is 95.6 Å². The van der Waals surface area contributed by atoms with E-state index in [4.69, 9.17) is 9.47 Å². The number of carbonyl (C=O) groups is 1. The third-order valence-corrected chi connectivity index (χ3v) is 12.0. The fourth-order valence-corrected chi connectivity index (χ4v) is 9.75. The molecule has 1 aromatic heterocycles. The van der Waals surface area contributed by atoms with Crippen LogP contribution >= 0.6 is 0 Å². The molecule has 2 saturated carbocycles. The number of H-pyrrole nitrogens is 1. The van der Waals surface area contributed by atoms with Crippen LogP contribution in [0.15, 0.2) is 54.6 Å². The number of hydrogen-bond donors (Lipinski definition) is 4. The first-order valence-electron chi connectivity index (χ1n) is 17.8. The molecule has 2 fully saturated rings. The lowest BCUT2D eigenvalue weighted by atomic mass is 9.55. The normalized spacial score (nSPS) is 26.1. The molecular formula is C40H46FN3O4. The van der Waals surface area contributed by atoms with Gasteiger partial charge in [-0.15, -0.1) is 0 Å². The van der Waals surface area contributed by atoms with Gasteiger partial charge in [0.15, 0.2) is 0 Å². The van der Waals surface area contributed by atoms with Crippen LogP contribution in [0.2, 0.25) is 0 Å². The fourth-order valence-electron chi connectivity index (χ4n) is 9.75. The van der Waals surface area contributed by atoms with E-state index in [0.717, 1.165) is 54.1 Å². The zero-order valence-electron chi connectivity index (χ0n) is 27.7. The quantitative estimate of drug-likeness (QED) is 0.138. The minimum Gasteiger partial charge on any atom is -0.508 e. The van der Waals surface area contributed by atoms with E-state index in [0.29, 0.717) is 67.6 Å². The minimum atomic E-state index is -0.416. The summed E-state index contributed by atoms with van der Waals surface area (Å²) in [5, 5.41) is 17.2. The standard InChI is InChI=1S/C40H46FN3O4/c1-40-14-12-30-29-9-7-28(45)20-26(29)6-8-31(30)34(40)10-11-36(40)48-19-18-47-17-16-42-23-24-2-4-25(5-3-24)38-32-13-15-43-39(46)33-21-27(41)22-35(44-38)37(32)33/h2-5,7,9,20-22,30-31,34,36,42,44-45H,6,8,10-19,23H2,1H3,(H,43,46)/t30-,31-,34+,36+,40+/m1/s1. The van der Waals surface area contributed by atoms with Crippen LogP contribution in [0.3, 0.4) is 0 Å². The van der Waals surface area contributed by atoms with E-state index in [1.165, 1.54) is 54.5 Å². The summed E-state index contributed by atoms with van der Waals surface area (Å²) >= 11 is 0. The summed E-state index contributed by atoms with van der Waals surface area (Å²) in [5.74, 6) is 1.82. The molecule has 252 valence electrons. The fraction of sp³-hybridized carbons (Fsp3) is 0.475. The van der Waals surface area contributed by atoms with Gasteiger partial charge in [-0.2, -0.15) is 0 Å². The molecule has 0 radical (unpaired) electrons. The number of amides is 1. The van der Waals surface area contributed by atoms with E-state index in [-0.39, 0.29) is 11.3 Å². The Hall–Kier alpha value is -3.72. The Balaban J connectivity index is 0.779. The van der Waals surface area contributed by atoms with Crippen molar-refractivity contribution in [1.82, 2.24) is 15.6 Å². The highest BCUT2D eigenvalue weighted by Gasteiger charge is 2.55. The number of phenols is 1. The summed E-state index contributed by atoms with van der Waals surface area (Å²) in [6, 6.07) is 17.2. The maximum absolute atomic E-state index is 14.2. The lowest BCUT2D eigenvalue weighted by molar-refractivity contribution is -0.0768. The predicted octanol–water partition coefficient (Wildman–Crippen LogP) is 7.01. The second-order valence-electron chi connectivity index (χ2n) is 14.6. The number of hydrogen-bond acceptors (Lipinski definition) is 5. The van der Waals surface area contributed by atoms with Crippen LogP contribution in [0.5, 0.6) is 5.75 Å². The number of ether oxygens (including phenoxy) is 2. The van der Waals surface area contributed by atoms with E-state index < -0.39 is 5.82 Å². The number of nitrogens with one attached hydrogen (secondary N) is 3. The van der Waals surface area contributed by atoms with Crippen LogP contribution in [0.25, 0.3) is 22.2 Å². The average molecular weight is 652 g/mol. The molecule has 0 bridgehead atoms. The molecule has 5 atom stereocenters. The van der Waals surface area contributed by atoms with Crippen molar-refractivity contribution in [1.29, 1.82) is 0 Å². The average Bonchev–Trinajstić information content (AvgIpc) is 3.56. The number of halogens is 1. The van der Waals surface area contributed by atoms with E-state index in [1.54, 1.807) is 0 Å². The van der Waals surface area contributed by atoms with Gasteiger partial charge < -0.3 is 30.2 Å². The van der Waals surface area contributed by atoms with Gasteiger partial charge in [0.05, 0.1) is 31.5 Å². The minimum absolute atomic E-state index is 0.226. The first-order valence-corrected chi connectivity index (χ1v) is 17.8. The van der Waals surface area contributed by atoms with Gasteiger partial charge in [0.1, 0.15) is 11.6 Å². The van der Waals surface area contributed by atoms with Gasteiger partial charge in [0.25, 0.3) is 5.91 Å². The number of benzene rings is 3. The molecule has 1 amide bonds. The lowest BCUT2D eigenvalue weighted by Crippen LogP contribution is -2.44. The Labute approximate surface area is 281 Å². The van der Waals surface area contributed by atoms with Crippen molar-refractivity contribution in [2.75, 3.05) is 32.9 Å². The molecule has 0 spiro atoms. The van der Waals surface area contributed by atoms with E-state index in [1.807, 2.05) is 12.1 Å². The van der Waals surface area contributed by atoms with Crippen LogP contribution in [-0.4, -0.2) is 55.0 Å². The largest absolute Gasteiger partial charge is 0.508 e. The maximum atomic E-state index is 14.2. The number of aryl methyl sites for hydroxylation is 1. The monoisotopic (exact) mass is 651 g/mol. The zero-order valence-corrected chi connectivity index (χ0v) is 27.7. The van der Waals surface area contributed by atoms with Gasteiger partial charge in [0.2, 0.25) is 0 Å². The van der Waals surface area contributed by atoms with Crippen molar-refractivity contribution in [2.45, 2.75) is 70.4 Å². The smallest absolute Gasteiger partial charge is 0.252 e. The van der Waals surface area contributed by atoms with Gasteiger partial charge >= 0.3 is 0 Å². The highest BCUT2D eigenvalue weighted by Crippen LogP contribution is 2.61. The summed E-state index contributed by atoms with van der Waals surface area (Å²) in [7, 11) is 0.